The van der Waals surface area contributed by atoms with Crippen LogP contribution in [0.4, 0.5) is 26.3 Å². The molecule has 0 saturated heterocycles. The van der Waals surface area contributed by atoms with Gasteiger partial charge < -0.3 is 0 Å². The maximum Gasteiger partial charge on any atom is 0.417 e. The van der Waals surface area contributed by atoms with Gasteiger partial charge in [-0.25, -0.2) is 4.99 Å². The number of pyridine rings is 1. The second-order valence-electron chi connectivity index (χ2n) is 5.01. The fraction of sp³-hybridized carbons (Fsp3) is 0.188. The Morgan fingerprint density at radius 1 is 1.12 bits per heavy atom. The summed E-state index contributed by atoms with van der Waals surface area (Å²) < 4.78 is 76.1. The number of halogens is 7. The maximum absolute atomic E-state index is 12.9. The van der Waals surface area contributed by atoms with E-state index in [0.29, 0.717) is 12.3 Å². The average molecular weight is 395 g/mol. The first kappa shape index (κ1) is 19.9. The number of aromatic nitrogens is 1. The summed E-state index contributed by atoms with van der Waals surface area (Å²) in [6.07, 6.45) is -8.05. The first-order chi connectivity index (χ1) is 12.0. The minimum atomic E-state index is -4.72. The van der Waals surface area contributed by atoms with Crippen molar-refractivity contribution < 1.29 is 31.1 Å². The monoisotopic (exact) mass is 394 g/mol. The molecule has 0 fully saturated rings. The van der Waals surface area contributed by atoms with Gasteiger partial charge >= 0.3 is 12.4 Å². The molecule has 2 rings (SSSR count). The Labute approximate surface area is 148 Å². The van der Waals surface area contributed by atoms with Gasteiger partial charge in [-0.05, 0) is 18.2 Å². The highest BCUT2D eigenvalue weighted by atomic mass is 35.5. The number of amides is 1. The lowest BCUT2D eigenvalue weighted by atomic mass is 10.1. The molecule has 26 heavy (non-hydrogen) atoms. The van der Waals surface area contributed by atoms with Crippen molar-refractivity contribution in [2.24, 2.45) is 4.99 Å². The van der Waals surface area contributed by atoms with E-state index in [4.69, 9.17) is 11.6 Å². The number of carbonyl (C=O) groups excluding carboxylic acids is 1. The molecule has 10 heteroatoms. The summed E-state index contributed by atoms with van der Waals surface area (Å²) in [5.41, 5.74) is -2.81. The zero-order valence-electron chi connectivity index (χ0n) is 12.7. The Hall–Kier alpha value is -2.42. The molecule has 0 bridgehead atoms. The maximum atomic E-state index is 12.9. The Morgan fingerprint density at radius 2 is 1.77 bits per heavy atom. The molecule has 1 heterocycles. The Bertz CT molecular complexity index is 845. The third-order valence-corrected chi connectivity index (χ3v) is 3.53. The summed E-state index contributed by atoms with van der Waals surface area (Å²) in [5, 5.41) is -0.297. The predicted octanol–water partition coefficient (Wildman–Crippen LogP) is 5.23. The normalized spacial score (nSPS) is 12.6. The van der Waals surface area contributed by atoms with Gasteiger partial charge in [0, 0.05) is 18.8 Å². The van der Waals surface area contributed by atoms with Gasteiger partial charge in [0.2, 0.25) is 0 Å². The van der Waals surface area contributed by atoms with E-state index >= 15 is 0 Å². The van der Waals surface area contributed by atoms with E-state index in [1.807, 2.05) is 0 Å². The van der Waals surface area contributed by atoms with Crippen LogP contribution >= 0.6 is 11.6 Å². The van der Waals surface area contributed by atoms with Gasteiger partial charge in [0.05, 0.1) is 27.4 Å². The number of nitrogens with zero attached hydrogens (tertiary/aromatic N) is 2. The summed E-state index contributed by atoms with van der Waals surface area (Å²) in [6.45, 7) is 0. The van der Waals surface area contributed by atoms with E-state index < -0.39 is 35.0 Å². The minimum absolute atomic E-state index is 0.000299. The van der Waals surface area contributed by atoms with E-state index in [1.165, 1.54) is 6.07 Å². The molecule has 138 valence electrons. The van der Waals surface area contributed by atoms with Crippen molar-refractivity contribution in [1.82, 2.24) is 4.98 Å². The molecule has 2 aromatic rings. The minimum Gasteiger partial charge on any atom is -0.267 e. The van der Waals surface area contributed by atoms with E-state index in [2.05, 4.69) is 9.98 Å². The molecule has 0 aliphatic rings. The molecule has 1 aromatic heterocycles. The standard InChI is InChI=1S/C16H9ClF6N2O/c17-12-7-9(15(18,19)20)8-25-13(12)5-6-24-14(26)10-3-1-2-4-11(10)16(21,22)23/h1-4,6-8H,5H2/b24-6-. The van der Waals surface area contributed by atoms with Gasteiger partial charge in [0.1, 0.15) is 0 Å². The smallest absolute Gasteiger partial charge is 0.267 e. The fourth-order valence-corrected chi connectivity index (χ4v) is 2.22. The predicted molar refractivity (Wildman–Crippen MR) is 82.2 cm³/mol. The van der Waals surface area contributed by atoms with Crippen molar-refractivity contribution in [3.8, 4) is 0 Å². The lowest BCUT2D eigenvalue weighted by Crippen LogP contribution is -2.12. The van der Waals surface area contributed by atoms with E-state index in [1.54, 1.807) is 0 Å². The van der Waals surface area contributed by atoms with Gasteiger partial charge in [-0.15, -0.1) is 0 Å². The number of rotatable bonds is 3. The highest BCUT2D eigenvalue weighted by Gasteiger charge is 2.34. The third kappa shape index (κ3) is 4.81. The lowest BCUT2D eigenvalue weighted by molar-refractivity contribution is -0.138. The molecule has 1 amide bonds. The molecule has 1 aromatic carbocycles. The highest BCUT2D eigenvalue weighted by molar-refractivity contribution is 6.31. The van der Waals surface area contributed by atoms with E-state index in [-0.39, 0.29) is 17.1 Å². The second-order valence-corrected chi connectivity index (χ2v) is 5.42. The van der Waals surface area contributed by atoms with Crippen molar-refractivity contribution in [2.75, 3.05) is 0 Å². The molecule has 0 aliphatic heterocycles. The van der Waals surface area contributed by atoms with Crippen molar-refractivity contribution >= 4 is 23.7 Å². The van der Waals surface area contributed by atoms with Crippen molar-refractivity contribution in [1.29, 1.82) is 0 Å². The van der Waals surface area contributed by atoms with Crippen molar-refractivity contribution in [3.05, 3.63) is 63.9 Å². The molecule has 0 aliphatic carbocycles. The Kier molecular flexibility index (Phi) is 5.70. The first-order valence-corrected chi connectivity index (χ1v) is 7.32. The molecule has 0 saturated carbocycles. The highest BCUT2D eigenvalue weighted by Crippen LogP contribution is 2.32. The van der Waals surface area contributed by atoms with Gasteiger partial charge in [-0.2, -0.15) is 26.3 Å². The van der Waals surface area contributed by atoms with Crippen LogP contribution in [0, 0.1) is 0 Å². The van der Waals surface area contributed by atoms with Gasteiger partial charge in [-0.1, -0.05) is 23.7 Å². The molecule has 0 N–H and O–H groups in total. The SMILES string of the molecule is O=C(/N=C\Cc1ncc(C(F)(F)F)cc1Cl)c1ccccc1C(F)(F)F. The third-order valence-electron chi connectivity index (χ3n) is 3.20. The molecular weight excluding hydrogens is 386 g/mol. The van der Waals surface area contributed by atoms with Crippen LogP contribution in [0.5, 0.6) is 0 Å². The average Bonchev–Trinajstić information content (AvgIpc) is 2.54. The summed E-state index contributed by atoms with van der Waals surface area (Å²) in [7, 11) is 0. The summed E-state index contributed by atoms with van der Waals surface area (Å²) in [6, 6.07) is 4.78. The van der Waals surface area contributed by atoms with Crippen LogP contribution in [0.2, 0.25) is 5.02 Å². The van der Waals surface area contributed by atoms with Gasteiger partial charge in [0.15, 0.2) is 0 Å². The van der Waals surface area contributed by atoms with Gasteiger partial charge in [-0.3, -0.25) is 9.78 Å². The molecule has 0 radical (unpaired) electrons. The quantitative estimate of drug-likeness (QED) is 0.528. The molecule has 0 unspecified atom stereocenters. The van der Waals surface area contributed by atoms with E-state index in [9.17, 15) is 31.1 Å². The number of hydrogen-bond donors (Lipinski definition) is 0. The Morgan fingerprint density at radius 3 is 2.35 bits per heavy atom. The molecule has 3 nitrogen and oxygen atoms in total. The van der Waals surface area contributed by atoms with Crippen molar-refractivity contribution in [2.45, 2.75) is 18.8 Å². The van der Waals surface area contributed by atoms with Crippen LogP contribution in [0.15, 0.2) is 41.5 Å². The van der Waals surface area contributed by atoms with Crippen LogP contribution in [-0.4, -0.2) is 17.1 Å². The summed E-state index contributed by atoms with van der Waals surface area (Å²) in [5.74, 6) is -1.14. The van der Waals surface area contributed by atoms with Crippen LogP contribution in [-0.2, 0) is 18.8 Å². The van der Waals surface area contributed by atoms with E-state index in [0.717, 1.165) is 24.4 Å². The largest absolute Gasteiger partial charge is 0.417 e. The van der Waals surface area contributed by atoms with Crippen LogP contribution in [0.3, 0.4) is 0 Å². The molecule has 0 spiro atoms. The first-order valence-electron chi connectivity index (χ1n) is 6.95. The van der Waals surface area contributed by atoms with Crippen LogP contribution in [0.1, 0.15) is 27.2 Å². The summed E-state index contributed by atoms with van der Waals surface area (Å²) >= 11 is 5.69. The second kappa shape index (κ2) is 7.45. The number of benzene rings is 1. The van der Waals surface area contributed by atoms with Crippen LogP contribution < -0.4 is 0 Å². The Balaban J connectivity index is 2.16. The summed E-state index contributed by atoms with van der Waals surface area (Å²) in [4.78, 5) is 18.8. The van der Waals surface area contributed by atoms with Gasteiger partial charge in [0.25, 0.3) is 5.91 Å². The van der Waals surface area contributed by atoms with Crippen molar-refractivity contribution in [3.63, 3.8) is 0 Å². The number of alkyl halides is 6. The lowest BCUT2D eigenvalue weighted by Gasteiger charge is -2.09. The number of hydrogen-bond acceptors (Lipinski definition) is 2. The fourth-order valence-electron chi connectivity index (χ4n) is 1.97. The zero-order valence-corrected chi connectivity index (χ0v) is 13.5. The van der Waals surface area contributed by atoms with Crippen LogP contribution in [0.25, 0.3) is 0 Å². The topological polar surface area (TPSA) is 42.3 Å². The number of aliphatic imine (C=N–C) groups is 1. The molecule has 0 atom stereocenters. The zero-order chi connectivity index (χ0) is 19.5. The molecular formula is C16H9ClF6N2O. The number of carbonyl (C=O) groups is 1.